The first-order valence-corrected chi connectivity index (χ1v) is 7.69. The number of carbonyl (C=O) groups excluding carboxylic acids is 1. The molecule has 1 amide bonds. The van der Waals surface area contributed by atoms with E-state index >= 15 is 0 Å². The minimum Gasteiger partial charge on any atom is -0.349 e. The molecule has 1 heterocycles. The Morgan fingerprint density at radius 3 is 3.00 bits per heavy atom. The summed E-state index contributed by atoms with van der Waals surface area (Å²) in [5.74, 6) is 0.368. The maximum absolute atomic E-state index is 12.6. The smallest absolute Gasteiger partial charge is 0.251 e. The largest absolute Gasteiger partial charge is 0.349 e. The van der Waals surface area contributed by atoms with E-state index in [2.05, 4.69) is 15.4 Å². The quantitative estimate of drug-likeness (QED) is 0.868. The van der Waals surface area contributed by atoms with Crippen LogP contribution in [-0.2, 0) is 6.54 Å². The monoisotopic (exact) mass is 299 g/mol. The van der Waals surface area contributed by atoms with Crippen molar-refractivity contribution in [1.29, 1.82) is 0 Å². The molecule has 1 saturated carbocycles. The van der Waals surface area contributed by atoms with E-state index in [0.717, 1.165) is 24.8 Å². The lowest BCUT2D eigenvalue weighted by atomic mass is 10.0. The van der Waals surface area contributed by atoms with Crippen LogP contribution >= 0.6 is 0 Å². The van der Waals surface area contributed by atoms with E-state index < -0.39 is 0 Å². The molecule has 116 valence electrons. The topological polar surface area (TPSA) is 85.8 Å². The number of hydrogen-bond donors (Lipinski definition) is 2. The summed E-state index contributed by atoms with van der Waals surface area (Å²) in [5, 5.41) is 7.25. The number of amides is 1. The van der Waals surface area contributed by atoms with Gasteiger partial charge in [0.1, 0.15) is 12.7 Å². The van der Waals surface area contributed by atoms with E-state index in [1.54, 1.807) is 11.0 Å². The molecule has 6 heteroatoms. The highest BCUT2D eigenvalue weighted by Gasteiger charge is 2.28. The summed E-state index contributed by atoms with van der Waals surface area (Å²) in [4.78, 5) is 16.5. The lowest BCUT2D eigenvalue weighted by Crippen LogP contribution is -2.40. The van der Waals surface area contributed by atoms with Crippen LogP contribution in [0.1, 0.15) is 35.2 Å². The highest BCUT2D eigenvalue weighted by Crippen LogP contribution is 2.25. The Hall–Kier alpha value is -2.21. The van der Waals surface area contributed by atoms with Gasteiger partial charge in [0.2, 0.25) is 0 Å². The number of aromatic nitrogens is 3. The SMILES string of the molecule is NC[C@H]1CCC[C@H]1NC(=O)c1ccccc1Cn1cncn1. The standard InChI is InChI=1S/C16H21N5O/c17-8-12-5-3-7-15(12)20-16(22)14-6-2-1-4-13(14)9-21-11-18-10-19-21/h1-2,4,6,10-12,15H,3,5,7-9,17H2,(H,20,22)/t12-,15-/m1/s1. The molecule has 0 saturated heterocycles. The third-order valence-corrected chi connectivity index (χ3v) is 4.34. The molecule has 2 atom stereocenters. The number of rotatable bonds is 5. The van der Waals surface area contributed by atoms with Gasteiger partial charge in [0.05, 0.1) is 6.54 Å². The summed E-state index contributed by atoms with van der Waals surface area (Å²) in [6.07, 6.45) is 6.39. The molecule has 2 aromatic rings. The lowest BCUT2D eigenvalue weighted by molar-refractivity contribution is 0.0927. The maximum Gasteiger partial charge on any atom is 0.251 e. The summed E-state index contributed by atoms with van der Waals surface area (Å²) in [5.41, 5.74) is 7.42. The molecule has 3 rings (SSSR count). The minimum absolute atomic E-state index is 0.0268. The van der Waals surface area contributed by atoms with E-state index in [9.17, 15) is 4.79 Å². The summed E-state index contributed by atoms with van der Waals surface area (Å²) in [6.45, 7) is 1.17. The van der Waals surface area contributed by atoms with Gasteiger partial charge >= 0.3 is 0 Å². The minimum atomic E-state index is -0.0268. The van der Waals surface area contributed by atoms with E-state index in [-0.39, 0.29) is 11.9 Å². The summed E-state index contributed by atoms with van der Waals surface area (Å²) < 4.78 is 1.71. The van der Waals surface area contributed by atoms with Crippen molar-refractivity contribution >= 4 is 5.91 Å². The third-order valence-electron chi connectivity index (χ3n) is 4.34. The van der Waals surface area contributed by atoms with E-state index in [1.807, 2.05) is 24.3 Å². The predicted molar refractivity (Wildman–Crippen MR) is 83.2 cm³/mol. The fourth-order valence-electron chi connectivity index (χ4n) is 3.12. The molecule has 6 nitrogen and oxygen atoms in total. The maximum atomic E-state index is 12.6. The first-order valence-electron chi connectivity index (χ1n) is 7.69. The Bertz CT molecular complexity index is 625. The van der Waals surface area contributed by atoms with Crippen molar-refractivity contribution in [3.8, 4) is 0 Å². The van der Waals surface area contributed by atoms with E-state index in [1.165, 1.54) is 6.33 Å². The zero-order valence-corrected chi connectivity index (χ0v) is 12.5. The molecule has 3 N–H and O–H groups in total. The van der Waals surface area contributed by atoms with Gasteiger partial charge in [-0.15, -0.1) is 0 Å². The molecule has 22 heavy (non-hydrogen) atoms. The average molecular weight is 299 g/mol. The van der Waals surface area contributed by atoms with E-state index in [0.29, 0.717) is 24.6 Å². The molecule has 0 aliphatic heterocycles. The molecule has 1 fully saturated rings. The van der Waals surface area contributed by atoms with Crippen LogP contribution in [0.5, 0.6) is 0 Å². The molecule has 1 aromatic heterocycles. The number of carbonyl (C=O) groups is 1. The number of nitrogens with zero attached hydrogens (tertiary/aromatic N) is 3. The second-order valence-electron chi connectivity index (χ2n) is 5.76. The molecule has 1 aliphatic rings. The highest BCUT2D eigenvalue weighted by atomic mass is 16.1. The van der Waals surface area contributed by atoms with Crippen molar-refractivity contribution < 1.29 is 4.79 Å². The van der Waals surface area contributed by atoms with Gasteiger partial charge in [-0.1, -0.05) is 24.6 Å². The Balaban J connectivity index is 1.74. The summed E-state index contributed by atoms with van der Waals surface area (Å²) in [7, 11) is 0. The fourth-order valence-corrected chi connectivity index (χ4v) is 3.12. The molecule has 0 unspecified atom stereocenters. The van der Waals surface area contributed by atoms with Crippen LogP contribution in [0.15, 0.2) is 36.9 Å². The van der Waals surface area contributed by atoms with Crippen molar-refractivity contribution in [1.82, 2.24) is 20.1 Å². The molecule has 0 bridgehead atoms. The molecule has 1 aliphatic carbocycles. The van der Waals surface area contributed by atoms with Crippen molar-refractivity contribution in [2.24, 2.45) is 11.7 Å². The van der Waals surface area contributed by atoms with Crippen LogP contribution in [0.2, 0.25) is 0 Å². The summed E-state index contributed by atoms with van der Waals surface area (Å²) >= 11 is 0. The highest BCUT2D eigenvalue weighted by molar-refractivity contribution is 5.95. The van der Waals surface area contributed by atoms with Crippen LogP contribution in [0, 0.1) is 5.92 Å². The van der Waals surface area contributed by atoms with Crippen LogP contribution < -0.4 is 11.1 Å². The van der Waals surface area contributed by atoms with Gasteiger partial charge < -0.3 is 11.1 Å². The number of benzene rings is 1. The molecular formula is C16H21N5O. The Kier molecular flexibility index (Phi) is 4.48. The molecule has 0 radical (unpaired) electrons. The van der Waals surface area contributed by atoms with Gasteiger partial charge in [0.25, 0.3) is 5.91 Å². The summed E-state index contributed by atoms with van der Waals surface area (Å²) in [6, 6.07) is 7.81. The van der Waals surface area contributed by atoms with Crippen molar-refractivity contribution in [3.05, 3.63) is 48.0 Å². The van der Waals surface area contributed by atoms with Crippen LogP contribution in [-0.4, -0.2) is 33.3 Å². The second kappa shape index (κ2) is 6.70. The Labute approximate surface area is 129 Å². The van der Waals surface area contributed by atoms with Crippen LogP contribution in [0.4, 0.5) is 0 Å². The van der Waals surface area contributed by atoms with Gasteiger partial charge in [-0.25, -0.2) is 9.67 Å². The number of hydrogen-bond acceptors (Lipinski definition) is 4. The number of nitrogens with one attached hydrogen (secondary N) is 1. The Morgan fingerprint density at radius 1 is 1.36 bits per heavy atom. The van der Waals surface area contributed by atoms with Gasteiger partial charge in [0.15, 0.2) is 0 Å². The van der Waals surface area contributed by atoms with Crippen LogP contribution in [0.3, 0.4) is 0 Å². The van der Waals surface area contributed by atoms with Crippen molar-refractivity contribution in [2.45, 2.75) is 31.8 Å². The van der Waals surface area contributed by atoms with Gasteiger partial charge in [0, 0.05) is 11.6 Å². The predicted octanol–water partition coefficient (Wildman–Crippen LogP) is 1.18. The first-order chi connectivity index (χ1) is 10.8. The molecule has 0 spiro atoms. The van der Waals surface area contributed by atoms with Gasteiger partial charge in [-0.05, 0) is 36.9 Å². The van der Waals surface area contributed by atoms with E-state index in [4.69, 9.17) is 5.73 Å². The first kappa shape index (κ1) is 14.7. The Morgan fingerprint density at radius 2 is 2.23 bits per heavy atom. The molecular weight excluding hydrogens is 278 g/mol. The van der Waals surface area contributed by atoms with Gasteiger partial charge in [-0.2, -0.15) is 5.10 Å². The second-order valence-corrected chi connectivity index (χ2v) is 5.76. The average Bonchev–Trinajstić information content (AvgIpc) is 3.19. The van der Waals surface area contributed by atoms with Crippen molar-refractivity contribution in [3.63, 3.8) is 0 Å². The third kappa shape index (κ3) is 3.17. The number of nitrogens with two attached hydrogens (primary N) is 1. The van der Waals surface area contributed by atoms with Crippen molar-refractivity contribution in [2.75, 3.05) is 6.54 Å². The van der Waals surface area contributed by atoms with Crippen LogP contribution in [0.25, 0.3) is 0 Å². The molecule has 1 aromatic carbocycles. The fraction of sp³-hybridized carbons (Fsp3) is 0.438. The zero-order chi connectivity index (χ0) is 15.4. The normalized spacial score (nSPS) is 21.0. The zero-order valence-electron chi connectivity index (χ0n) is 12.5. The lowest BCUT2D eigenvalue weighted by Gasteiger charge is -2.20. The van der Waals surface area contributed by atoms with Gasteiger partial charge in [-0.3, -0.25) is 4.79 Å².